The molecule has 1 aliphatic rings. The van der Waals surface area contributed by atoms with Crippen LogP contribution in [0.15, 0.2) is 52.2 Å². The molecule has 4 aromatic rings. The molecule has 1 aliphatic carbocycles. The molecule has 0 saturated heterocycles. The fourth-order valence-corrected chi connectivity index (χ4v) is 4.50. The molecule has 0 atom stereocenters. The Labute approximate surface area is 217 Å². The van der Waals surface area contributed by atoms with Gasteiger partial charge in [0.1, 0.15) is 11.6 Å². The molecule has 9 nitrogen and oxygen atoms in total. The predicted molar refractivity (Wildman–Crippen MR) is 137 cm³/mol. The minimum absolute atomic E-state index is 0.00521. The summed E-state index contributed by atoms with van der Waals surface area (Å²) >= 11 is 0. The van der Waals surface area contributed by atoms with E-state index in [2.05, 4.69) is 9.97 Å². The van der Waals surface area contributed by atoms with Crippen molar-refractivity contribution in [1.29, 1.82) is 0 Å². The van der Waals surface area contributed by atoms with Crippen molar-refractivity contribution in [3.63, 3.8) is 0 Å². The summed E-state index contributed by atoms with van der Waals surface area (Å²) in [7, 11) is 1.55. The first-order valence-corrected chi connectivity index (χ1v) is 12.4. The molecule has 1 fully saturated rings. The Morgan fingerprint density at radius 3 is 2.58 bits per heavy atom. The summed E-state index contributed by atoms with van der Waals surface area (Å²) in [6.07, 6.45) is 0.198. The Morgan fingerprint density at radius 2 is 1.92 bits per heavy atom. The van der Waals surface area contributed by atoms with Gasteiger partial charge in [0.2, 0.25) is 0 Å². The number of benzene rings is 1. The van der Waals surface area contributed by atoms with Crippen molar-refractivity contribution < 1.29 is 18.6 Å². The van der Waals surface area contributed by atoms with Gasteiger partial charge in [-0.15, -0.1) is 0 Å². The number of rotatable bonds is 9. The minimum atomic E-state index is -3.33. The Bertz CT molecular complexity index is 1610. The fourth-order valence-electron chi connectivity index (χ4n) is 4.50. The minimum Gasteiger partial charge on any atom is -0.433 e. The summed E-state index contributed by atoms with van der Waals surface area (Å²) in [6.45, 7) is 2.89. The average molecular weight is 526 g/mol. The highest BCUT2D eigenvalue weighted by Crippen LogP contribution is 2.38. The Morgan fingerprint density at radius 1 is 1.16 bits per heavy atom. The molecule has 1 aromatic carbocycles. The number of aliphatic hydroxyl groups is 1. The zero-order valence-electron chi connectivity index (χ0n) is 21.4. The second-order valence-electron chi connectivity index (χ2n) is 10.1. The van der Waals surface area contributed by atoms with E-state index >= 15 is 0 Å². The van der Waals surface area contributed by atoms with Gasteiger partial charge < -0.3 is 14.4 Å². The number of aryl methyl sites for hydroxylation is 2. The number of imidazole rings is 1. The second kappa shape index (κ2) is 9.46. The van der Waals surface area contributed by atoms with Crippen LogP contribution in [0.4, 0.5) is 8.78 Å². The van der Waals surface area contributed by atoms with Crippen molar-refractivity contribution in [3.05, 3.63) is 86.1 Å². The molecule has 3 aromatic heterocycles. The third-order valence-electron chi connectivity index (χ3n) is 6.79. The molecule has 38 heavy (non-hydrogen) atoms. The number of hydrogen-bond acceptors (Lipinski definition) is 6. The van der Waals surface area contributed by atoms with E-state index in [1.807, 2.05) is 19.1 Å². The molecule has 11 heteroatoms. The molecule has 0 unspecified atom stereocenters. The van der Waals surface area contributed by atoms with E-state index in [4.69, 9.17) is 4.74 Å². The molecular formula is C27H29F2N5O4. The summed E-state index contributed by atoms with van der Waals surface area (Å²) in [5.41, 5.74) is 0.928. The summed E-state index contributed by atoms with van der Waals surface area (Å²) in [5, 5.41) is 10.3. The zero-order chi connectivity index (χ0) is 27.2. The summed E-state index contributed by atoms with van der Waals surface area (Å²) < 4.78 is 35.7. The number of nitrogens with zero attached hydrogens (tertiary/aromatic N) is 5. The quantitative estimate of drug-likeness (QED) is 0.360. The number of aromatic nitrogens is 5. The monoisotopic (exact) mass is 525 g/mol. The molecule has 200 valence electrons. The van der Waals surface area contributed by atoms with Crippen LogP contribution in [0, 0.1) is 6.92 Å². The fraction of sp³-hybridized carbons (Fsp3) is 0.407. The van der Waals surface area contributed by atoms with Gasteiger partial charge in [-0.05, 0) is 55.5 Å². The van der Waals surface area contributed by atoms with Crippen LogP contribution in [-0.2, 0) is 26.6 Å². The Hall–Kier alpha value is -3.86. The molecule has 0 bridgehead atoms. The van der Waals surface area contributed by atoms with Crippen molar-refractivity contribution in [1.82, 2.24) is 23.7 Å². The van der Waals surface area contributed by atoms with Crippen LogP contribution in [-0.4, -0.2) is 40.5 Å². The van der Waals surface area contributed by atoms with Crippen molar-refractivity contribution in [2.45, 2.75) is 64.3 Å². The Balaban J connectivity index is 1.62. The first kappa shape index (κ1) is 25.8. The van der Waals surface area contributed by atoms with Crippen LogP contribution in [0.1, 0.15) is 48.8 Å². The standard InChI is InChI=1S/C27H29F2N5O4/c1-17-7-8-19(30-15-17)16-34-21(14-18-5-4-6-20(13-18)38-26(2,28)29)31-23-22(34)24(35)33(25(36)32(23)3)12-11-27(37)9-10-27/h4-8,13,15,37H,9-12,14,16H2,1-3H3. The average Bonchev–Trinajstić information content (AvgIpc) is 3.48. The van der Waals surface area contributed by atoms with E-state index < -0.39 is 23.0 Å². The molecule has 3 heterocycles. The molecular weight excluding hydrogens is 496 g/mol. The smallest absolute Gasteiger partial charge is 0.394 e. The van der Waals surface area contributed by atoms with Crippen molar-refractivity contribution in [3.8, 4) is 5.75 Å². The molecule has 0 spiro atoms. The largest absolute Gasteiger partial charge is 0.433 e. The highest BCUT2D eigenvalue weighted by atomic mass is 19.3. The number of pyridine rings is 1. The van der Waals surface area contributed by atoms with Crippen molar-refractivity contribution in [2.24, 2.45) is 7.05 Å². The lowest BCUT2D eigenvalue weighted by Crippen LogP contribution is -2.40. The number of hydrogen-bond donors (Lipinski definition) is 1. The lowest BCUT2D eigenvalue weighted by atomic mass is 10.1. The topological polar surface area (TPSA) is 104 Å². The van der Waals surface area contributed by atoms with Gasteiger partial charge in [-0.3, -0.25) is 18.9 Å². The van der Waals surface area contributed by atoms with Gasteiger partial charge in [0.25, 0.3) is 5.56 Å². The van der Waals surface area contributed by atoms with E-state index in [-0.39, 0.29) is 36.4 Å². The van der Waals surface area contributed by atoms with E-state index in [9.17, 15) is 23.5 Å². The maximum absolute atomic E-state index is 13.7. The third-order valence-corrected chi connectivity index (χ3v) is 6.79. The van der Waals surface area contributed by atoms with E-state index in [0.717, 1.165) is 10.1 Å². The summed E-state index contributed by atoms with van der Waals surface area (Å²) in [4.78, 5) is 35.9. The number of ether oxygens (including phenoxy) is 1. The van der Waals surface area contributed by atoms with Crippen molar-refractivity contribution in [2.75, 3.05) is 0 Å². The summed E-state index contributed by atoms with van der Waals surface area (Å²) in [6, 6.07) is 10.1. The van der Waals surface area contributed by atoms with E-state index in [0.29, 0.717) is 43.3 Å². The molecule has 1 N–H and O–H groups in total. The van der Waals surface area contributed by atoms with Gasteiger partial charge in [-0.1, -0.05) is 18.2 Å². The predicted octanol–water partition coefficient (Wildman–Crippen LogP) is 3.15. The van der Waals surface area contributed by atoms with Gasteiger partial charge in [0.15, 0.2) is 11.2 Å². The second-order valence-corrected chi connectivity index (χ2v) is 10.1. The zero-order valence-corrected chi connectivity index (χ0v) is 21.4. The van der Waals surface area contributed by atoms with Crippen LogP contribution in [0.5, 0.6) is 5.75 Å². The lowest BCUT2D eigenvalue weighted by Gasteiger charge is -2.14. The van der Waals surface area contributed by atoms with Gasteiger partial charge in [-0.25, -0.2) is 9.78 Å². The first-order valence-electron chi connectivity index (χ1n) is 12.4. The van der Waals surface area contributed by atoms with E-state index in [1.165, 1.54) is 16.7 Å². The van der Waals surface area contributed by atoms with Crippen LogP contribution < -0.4 is 16.0 Å². The normalized spacial score (nSPS) is 14.7. The highest BCUT2D eigenvalue weighted by Gasteiger charge is 2.40. The summed E-state index contributed by atoms with van der Waals surface area (Å²) in [5.74, 6) is 0.471. The van der Waals surface area contributed by atoms with Gasteiger partial charge >= 0.3 is 11.8 Å². The maximum Gasteiger partial charge on any atom is 0.394 e. The van der Waals surface area contributed by atoms with Gasteiger partial charge in [-0.2, -0.15) is 8.78 Å². The highest BCUT2D eigenvalue weighted by molar-refractivity contribution is 5.71. The first-order chi connectivity index (χ1) is 17.9. The third kappa shape index (κ3) is 5.38. The van der Waals surface area contributed by atoms with E-state index in [1.54, 1.807) is 29.9 Å². The molecule has 0 amide bonds. The SMILES string of the molecule is Cc1ccc(Cn2c(Cc3cccc(OC(C)(F)F)c3)nc3c2c(=O)n(CCC2(O)CC2)c(=O)n3C)nc1. The van der Waals surface area contributed by atoms with Gasteiger partial charge in [0, 0.05) is 33.1 Å². The van der Waals surface area contributed by atoms with Crippen LogP contribution in [0.25, 0.3) is 11.2 Å². The van der Waals surface area contributed by atoms with Crippen LogP contribution in [0.2, 0.25) is 0 Å². The van der Waals surface area contributed by atoms with Crippen LogP contribution in [0.3, 0.4) is 0 Å². The molecule has 0 radical (unpaired) electrons. The molecule has 0 aliphatic heterocycles. The Kier molecular flexibility index (Phi) is 6.42. The van der Waals surface area contributed by atoms with Crippen LogP contribution >= 0.6 is 0 Å². The van der Waals surface area contributed by atoms with Gasteiger partial charge in [0.05, 0.1) is 17.8 Å². The molecule has 5 rings (SSSR count). The number of alkyl halides is 2. The van der Waals surface area contributed by atoms with Crippen molar-refractivity contribution >= 4 is 11.2 Å². The number of fused-ring (bicyclic) bond motifs is 1. The number of halogens is 2. The maximum atomic E-state index is 13.7. The lowest BCUT2D eigenvalue weighted by molar-refractivity contribution is -0.158. The molecule has 1 saturated carbocycles.